The molecule has 0 saturated carbocycles. The maximum Gasteiger partial charge on any atom is 0.248 e. The Kier molecular flexibility index (Phi) is 2.25. The number of amides is 1. The first-order valence-corrected chi connectivity index (χ1v) is 4.87. The molecule has 74 valence electrons. The monoisotopic (exact) mass is 190 g/mol. The van der Waals surface area contributed by atoms with Gasteiger partial charge in [0.05, 0.1) is 0 Å². The van der Waals surface area contributed by atoms with Crippen molar-refractivity contribution in [2.45, 2.75) is 25.3 Å². The van der Waals surface area contributed by atoms with Gasteiger partial charge in [-0.3, -0.25) is 4.79 Å². The minimum atomic E-state index is -0.351. The largest absolute Gasteiger partial charge is 0.366 e. The van der Waals surface area contributed by atoms with Crippen molar-refractivity contribution in [1.29, 1.82) is 0 Å². The van der Waals surface area contributed by atoms with Crippen LogP contribution >= 0.6 is 0 Å². The highest BCUT2D eigenvalue weighted by Crippen LogP contribution is 2.29. The van der Waals surface area contributed by atoms with Crippen LogP contribution in [0.1, 0.15) is 40.4 Å². The second-order valence-electron chi connectivity index (χ2n) is 3.74. The minimum absolute atomic E-state index is 0.0676. The van der Waals surface area contributed by atoms with Crippen LogP contribution in [-0.4, -0.2) is 5.91 Å². The van der Waals surface area contributed by atoms with Crippen LogP contribution < -0.4 is 11.5 Å². The summed E-state index contributed by atoms with van der Waals surface area (Å²) in [5.74, 6) is -0.351. The van der Waals surface area contributed by atoms with E-state index in [9.17, 15) is 4.79 Å². The van der Waals surface area contributed by atoms with Crippen molar-refractivity contribution < 1.29 is 4.79 Å². The number of primary amides is 1. The number of rotatable bonds is 1. The molecule has 4 N–H and O–H groups in total. The number of carbonyl (C=O) groups is 1. The molecule has 3 heteroatoms. The Morgan fingerprint density at radius 3 is 2.93 bits per heavy atom. The van der Waals surface area contributed by atoms with Gasteiger partial charge in [-0.25, -0.2) is 0 Å². The van der Waals surface area contributed by atoms with E-state index in [1.54, 1.807) is 6.07 Å². The highest BCUT2D eigenvalue weighted by molar-refractivity contribution is 5.94. The molecular formula is C11H14N2O. The van der Waals surface area contributed by atoms with Crippen LogP contribution in [0.4, 0.5) is 0 Å². The van der Waals surface area contributed by atoms with E-state index >= 15 is 0 Å². The van der Waals surface area contributed by atoms with Gasteiger partial charge in [0.2, 0.25) is 5.91 Å². The number of hydrogen-bond donors (Lipinski definition) is 2. The summed E-state index contributed by atoms with van der Waals surface area (Å²) in [6.07, 6.45) is 2.95. The summed E-state index contributed by atoms with van der Waals surface area (Å²) in [6, 6.07) is 5.69. The van der Waals surface area contributed by atoms with Gasteiger partial charge in [-0.15, -0.1) is 0 Å². The third kappa shape index (κ3) is 1.40. The lowest BCUT2D eigenvalue weighted by Crippen LogP contribution is -2.22. The lowest BCUT2D eigenvalue weighted by Gasteiger charge is -2.23. The summed E-state index contributed by atoms with van der Waals surface area (Å²) in [6.45, 7) is 0. The Hall–Kier alpha value is -1.35. The lowest BCUT2D eigenvalue weighted by molar-refractivity contribution is 0.0999. The van der Waals surface area contributed by atoms with E-state index in [0.717, 1.165) is 30.4 Å². The molecule has 1 aliphatic carbocycles. The molecule has 1 amide bonds. The van der Waals surface area contributed by atoms with Crippen molar-refractivity contribution in [3.8, 4) is 0 Å². The molecule has 1 aliphatic rings. The molecule has 1 unspecified atom stereocenters. The minimum Gasteiger partial charge on any atom is -0.366 e. The Labute approximate surface area is 83.1 Å². The van der Waals surface area contributed by atoms with Gasteiger partial charge >= 0.3 is 0 Å². The highest BCUT2D eigenvalue weighted by Gasteiger charge is 2.20. The Morgan fingerprint density at radius 2 is 2.21 bits per heavy atom. The molecule has 0 fully saturated rings. The zero-order valence-electron chi connectivity index (χ0n) is 7.99. The van der Waals surface area contributed by atoms with Crippen LogP contribution in [0.15, 0.2) is 18.2 Å². The average molecular weight is 190 g/mol. The van der Waals surface area contributed by atoms with E-state index in [4.69, 9.17) is 11.5 Å². The van der Waals surface area contributed by atoms with Crippen LogP contribution in [0.2, 0.25) is 0 Å². The van der Waals surface area contributed by atoms with Crippen LogP contribution in [0.25, 0.3) is 0 Å². The molecule has 1 aromatic carbocycles. The van der Waals surface area contributed by atoms with Gasteiger partial charge in [0.15, 0.2) is 0 Å². The van der Waals surface area contributed by atoms with Crippen molar-refractivity contribution in [1.82, 2.24) is 0 Å². The number of nitrogens with two attached hydrogens (primary N) is 2. The molecule has 2 rings (SSSR count). The third-order valence-corrected chi connectivity index (χ3v) is 2.82. The summed E-state index contributed by atoms with van der Waals surface area (Å²) in [5, 5.41) is 0. The van der Waals surface area contributed by atoms with Crippen LogP contribution in [0.3, 0.4) is 0 Å². The predicted molar refractivity (Wildman–Crippen MR) is 54.8 cm³/mol. The fourth-order valence-electron chi connectivity index (χ4n) is 2.12. The van der Waals surface area contributed by atoms with Gasteiger partial charge in [-0.05, 0) is 36.5 Å². The van der Waals surface area contributed by atoms with Gasteiger partial charge in [0, 0.05) is 11.6 Å². The van der Waals surface area contributed by atoms with E-state index < -0.39 is 0 Å². The van der Waals surface area contributed by atoms with Gasteiger partial charge < -0.3 is 11.5 Å². The van der Waals surface area contributed by atoms with Gasteiger partial charge in [-0.2, -0.15) is 0 Å². The Balaban J connectivity index is 2.55. The summed E-state index contributed by atoms with van der Waals surface area (Å²) in [4.78, 5) is 11.2. The molecule has 1 aromatic rings. The van der Waals surface area contributed by atoms with Crippen molar-refractivity contribution in [3.05, 3.63) is 34.9 Å². The van der Waals surface area contributed by atoms with Gasteiger partial charge in [0.25, 0.3) is 0 Å². The molecule has 0 spiro atoms. The first-order valence-electron chi connectivity index (χ1n) is 4.87. The molecule has 0 radical (unpaired) electrons. The van der Waals surface area contributed by atoms with Crippen molar-refractivity contribution >= 4 is 5.91 Å². The fraction of sp³-hybridized carbons (Fsp3) is 0.364. The zero-order chi connectivity index (χ0) is 10.1. The number of carbonyl (C=O) groups excluding carboxylic acids is 1. The number of hydrogen-bond acceptors (Lipinski definition) is 2. The lowest BCUT2D eigenvalue weighted by atomic mass is 9.85. The smallest absolute Gasteiger partial charge is 0.248 e. The summed E-state index contributed by atoms with van der Waals surface area (Å²) >= 11 is 0. The van der Waals surface area contributed by atoms with E-state index in [0.29, 0.717) is 5.56 Å². The summed E-state index contributed by atoms with van der Waals surface area (Å²) in [5.41, 5.74) is 14.0. The molecule has 1 atom stereocenters. The standard InChI is InChI=1S/C11H14N2O/c12-10-6-2-3-7-8(10)4-1-5-9(7)11(13)14/h1,4-5,10H,2-3,6,12H2,(H2,13,14). The van der Waals surface area contributed by atoms with Crippen molar-refractivity contribution in [2.24, 2.45) is 11.5 Å². The summed E-state index contributed by atoms with van der Waals surface area (Å²) in [7, 11) is 0. The van der Waals surface area contributed by atoms with Crippen molar-refractivity contribution in [2.75, 3.05) is 0 Å². The zero-order valence-corrected chi connectivity index (χ0v) is 7.99. The molecule has 0 saturated heterocycles. The first kappa shape index (κ1) is 9.21. The summed E-state index contributed by atoms with van der Waals surface area (Å²) < 4.78 is 0. The van der Waals surface area contributed by atoms with Gasteiger partial charge in [-0.1, -0.05) is 12.1 Å². The van der Waals surface area contributed by atoms with E-state index in [2.05, 4.69) is 0 Å². The third-order valence-electron chi connectivity index (χ3n) is 2.82. The first-order chi connectivity index (χ1) is 6.70. The maximum atomic E-state index is 11.2. The molecule has 0 aliphatic heterocycles. The topological polar surface area (TPSA) is 69.1 Å². The SMILES string of the molecule is NC(=O)c1cccc2c1CCCC2N. The van der Waals surface area contributed by atoms with E-state index in [-0.39, 0.29) is 11.9 Å². The molecular weight excluding hydrogens is 176 g/mol. The van der Waals surface area contributed by atoms with Crippen molar-refractivity contribution in [3.63, 3.8) is 0 Å². The maximum absolute atomic E-state index is 11.2. The second kappa shape index (κ2) is 3.42. The molecule has 0 heterocycles. The Bertz CT molecular complexity index is 374. The number of fused-ring (bicyclic) bond motifs is 1. The normalized spacial score (nSPS) is 20.2. The average Bonchev–Trinajstić information content (AvgIpc) is 2.17. The van der Waals surface area contributed by atoms with Gasteiger partial charge in [0.1, 0.15) is 0 Å². The molecule has 0 aromatic heterocycles. The molecule has 0 bridgehead atoms. The predicted octanol–water partition coefficient (Wildman–Crippen LogP) is 1.12. The number of benzene rings is 1. The fourth-order valence-corrected chi connectivity index (χ4v) is 2.12. The van der Waals surface area contributed by atoms with Crippen LogP contribution in [0.5, 0.6) is 0 Å². The van der Waals surface area contributed by atoms with Crippen LogP contribution in [-0.2, 0) is 6.42 Å². The molecule has 3 nitrogen and oxygen atoms in total. The molecule has 14 heavy (non-hydrogen) atoms. The quantitative estimate of drug-likeness (QED) is 0.696. The highest BCUT2D eigenvalue weighted by atomic mass is 16.1. The second-order valence-corrected chi connectivity index (χ2v) is 3.74. The van der Waals surface area contributed by atoms with E-state index in [1.165, 1.54) is 0 Å². The van der Waals surface area contributed by atoms with E-state index in [1.807, 2.05) is 12.1 Å². The van der Waals surface area contributed by atoms with Crippen LogP contribution in [0, 0.1) is 0 Å². The Morgan fingerprint density at radius 1 is 1.43 bits per heavy atom.